The summed E-state index contributed by atoms with van der Waals surface area (Å²) < 4.78 is 5.28. The Balaban J connectivity index is 1.59. The second-order valence-corrected chi connectivity index (χ2v) is 5.65. The number of nitrogens with zero attached hydrogens (tertiary/aromatic N) is 3. The zero-order valence-electron chi connectivity index (χ0n) is 10.9. The number of rotatable bonds is 4. The summed E-state index contributed by atoms with van der Waals surface area (Å²) in [6.07, 6.45) is 6.47. The van der Waals surface area contributed by atoms with Gasteiger partial charge >= 0.3 is 0 Å². The molecule has 2 fully saturated rings. The summed E-state index contributed by atoms with van der Waals surface area (Å²) in [5, 5.41) is 14.0. The first-order valence-corrected chi connectivity index (χ1v) is 6.95. The Morgan fingerprint density at radius 3 is 2.78 bits per heavy atom. The van der Waals surface area contributed by atoms with Crippen LogP contribution in [-0.4, -0.2) is 39.3 Å². The van der Waals surface area contributed by atoms with Gasteiger partial charge in [0.1, 0.15) is 0 Å². The Labute approximate surface area is 107 Å². The molecular weight excluding hydrogens is 230 g/mol. The molecule has 0 saturated heterocycles. The van der Waals surface area contributed by atoms with E-state index < -0.39 is 0 Å². The average Bonchev–Trinajstić information content (AvgIpc) is 3.11. The molecule has 0 aliphatic heterocycles. The van der Waals surface area contributed by atoms with Gasteiger partial charge in [-0.05, 0) is 32.7 Å². The lowest BCUT2D eigenvalue weighted by Crippen LogP contribution is -2.42. The van der Waals surface area contributed by atoms with Crippen LogP contribution in [-0.2, 0) is 6.54 Å². The van der Waals surface area contributed by atoms with Crippen molar-refractivity contribution < 1.29 is 9.63 Å². The molecule has 2 saturated carbocycles. The summed E-state index contributed by atoms with van der Waals surface area (Å²) in [7, 11) is 2.03. The van der Waals surface area contributed by atoms with Crippen LogP contribution in [0.15, 0.2) is 4.52 Å². The largest absolute Gasteiger partial charge is 0.391 e. The molecular formula is C13H21N3O2. The van der Waals surface area contributed by atoms with Crippen LogP contribution in [0.2, 0.25) is 0 Å². The number of aliphatic hydroxyl groups is 1. The van der Waals surface area contributed by atoms with E-state index in [-0.39, 0.29) is 12.1 Å². The average molecular weight is 251 g/mol. The maximum absolute atomic E-state index is 10.0. The molecule has 1 heterocycles. The third kappa shape index (κ3) is 2.57. The van der Waals surface area contributed by atoms with Crippen molar-refractivity contribution in [3.8, 4) is 0 Å². The second-order valence-electron chi connectivity index (χ2n) is 5.65. The highest BCUT2D eigenvalue weighted by Crippen LogP contribution is 2.38. The fraction of sp³-hybridized carbons (Fsp3) is 0.846. The van der Waals surface area contributed by atoms with E-state index in [1.165, 1.54) is 19.3 Å². The number of hydrogen-bond acceptors (Lipinski definition) is 5. The summed E-state index contributed by atoms with van der Waals surface area (Å²) in [5.74, 6) is 2.08. The molecule has 2 aliphatic carbocycles. The Bertz CT molecular complexity index is 403. The maximum Gasteiger partial charge on any atom is 0.240 e. The van der Waals surface area contributed by atoms with Crippen LogP contribution >= 0.6 is 0 Å². The highest BCUT2D eigenvalue weighted by atomic mass is 16.5. The lowest BCUT2D eigenvalue weighted by Gasteiger charge is -2.34. The zero-order chi connectivity index (χ0) is 12.5. The predicted molar refractivity (Wildman–Crippen MR) is 66.0 cm³/mol. The second kappa shape index (κ2) is 4.97. The molecule has 5 nitrogen and oxygen atoms in total. The first-order chi connectivity index (χ1) is 8.74. The van der Waals surface area contributed by atoms with Gasteiger partial charge in [0.2, 0.25) is 5.89 Å². The Morgan fingerprint density at radius 1 is 1.28 bits per heavy atom. The third-order valence-electron chi connectivity index (χ3n) is 4.07. The van der Waals surface area contributed by atoms with Gasteiger partial charge in [0, 0.05) is 12.0 Å². The molecule has 5 heteroatoms. The normalized spacial score (nSPS) is 28.8. The van der Waals surface area contributed by atoms with Crippen molar-refractivity contribution in [2.24, 2.45) is 0 Å². The fourth-order valence-electron chi connectivity index (χ4n) is 2.78. The Hall–Kier alpha value is -0.940. The van der Waals surface area contributed by atoms with E-state index in [2.05, 4.69) is 15.0 Å². The van der Waals surface area contributed by atoms with Crippen LogP contribution < -0.4 is 0 Å². The number of aliphatic hydroxyl groups excluding tert-OH is 1. The third-order valence-corrected chi connectivity index (χ3v) is 4.07. The first-order valence-electron chi connectivity index (χ1n) is 6.95. The first kappa shape index (κ1) is 12.1. The molecule has 0 spiro atoms. The van der Waals surface area contributed by atoms with Crippen LogP contribution in [0.4, 0.5) is 0 Å². The van der Waals surface area contributed by atoms with E-state index in [4.69, 9.17) is 4.52 Å². The van der Waals surface area contributed by atoms with Crippen molar-refractivity contribution >= 4 is 0 Å². The van der Waals surface area contributed by atoms with Crippen LogP contribution in [0.5, 0.6) is 0 Å². The molecule has 18 heavy (non-hydrogen) atoms. The Kier molecular flexibility index (Phi) is 3.35. The summed E-state index contributed by atoms with van der Waals surface area (Å²) in [6, 6.07) is 0.232. The van der Waals surface area contributed by atoms with Crippen LogP contribution in [0.1, 0.15) is 56.2 Å². The van der Waals surface area contributed by atoms with Gasteiger partial charge in [-0.2, -0.15) is 4.98 Å². The smallest absolute Gasteiger partial charge is 0.240 e. The molecule has 2 aliphatic rings. The van der Waals surface area contributed by atoms with Crippen LogP contribution in [0.25, 0.3) is 0 Å². The predicted octanol–water partition coefficient (Wildman–Crippen LogP) is 1.68. The minimum Gasteiger partial charge on any atom is -0.391 e. The Morgan fingerprint density at radius 2 is 2.06 bits per heavy atom. The molecule has 0 bridgehead atoms. The lowest BCUT2D eigenvalue weighted by molar-refractivity contribution is 0.0248. The van der Waals surface area contributed by atoms with Gasteiger partial charge in [-0.15, -0.1) is 0 Å². The van der Waals surface area contributed by atoms with Crippen LogP contribution in [0, 0.1) is 0 Å². The van der Waals surface area contributed by atoms with Crippen molar-refractivity contribution in [1.29, 1.82) is 0 Å². The molecule has 0 radical (unpaired) electrons. The summed E-state index contributed by atoms with van der Waals surface area (Å²) >= 11 is 0. The van der Waals surface area contributed by atoms with E-state index in [0.29, 0.717) is 18.4 Å². The van der Waals surface area contributed by atoms with Crippen molar-refractivity contribution in [3.05, 3.63) is 11.7 Å². The number of likely N-dealkylation sites (N-methyl/N-ethyl adjacent to an activating group) is 1. The van der Waals surface area contributed by atoms with Crippen LogP contribution in [0.3, 0.4) is 0 Å². The topological polar surface area (TPSA) is 62.4 Å². The van der Waals surface area contributed by atoms with Crippen molar-refractivity contribution in [3.63, 3.8) is 0 Å². The molecule has 100 valence electrons. The molecule has 1 aromatic heterocycles. The minimum absolute atomic E-state index is 0.213. The van der Waals surface area contributed by atoms with E-state index in [0.717, 1.165) is 25.1 Å². The molecule has 2 unspecified atom stereocenters. The van der Waals surface area contributed by atoms with Crippen molar-refractivity contribution in [1.82, 2.24) is 15.0 Å². The lowest BCUT2D eigenvalue weighted by atomic mass is 9.91. The zero-order valence-corrected chi connectivity index (χ0v) is 10.9. The van der Waals surface area contributed by atoms with Gasteiger partial charge in [-0.3, -0.25) is 4.90 Å². The summed E-state index contributed by atoms with van der Waals surface area (Å²) in [4.78, 5) is 6.58. The molecule has 0 amide bonds. The number of aromatic nitrogens is 2. The van der Waals surface area contributed by atoms with E-state index >= 15 is 0 Å². The molecule has 3 rings (SSSR count). The quantitative estimate of drug-likeness (QED) is 0.882. The molecule has 1 aromatic rings. The van der Waals surface area contributed by atoms with Gasteiger partial charge in [0.05, 0.1) is 12.6 Å². The SMILES string of the molecule is CN(Cc1nc(C2CC2)no1)C1CCCCC1O. The maximum atomic E-state index is 10.0. The summed E-state index contributed by atoms with van der Waals surface area (Å²) in [5.41, 5.74) is 0. The highest BCUT2D eigenvalue weighted by molar-refractivity contribution is 5.03. The summed E-state index contributed by atoms with van der Waals surface area (Å²) in [6.45, 7) is 0.640. The van der Waals surface area contributed by atoms with Gasteiger partial charge < -0.3 is 9.63 Å². The van der Waals surface area contributed by atoms with E-state index in [9.17, 15) is 5.11 Å². The molecule has 1 N–H and O–H groups in total. The van der Waals surface area contributed by atoms with Gasteiger partial charge in [0.25, 0.3) is 0 Å². The molecule has 0 aromatic carbocycles. The number of hydrogen-bond donors (Lipinski definition) is 1. The fourth-order valence-corrected chi connectivity index (χ4v) is 2.78. The van der Waals surface area contributed by atoms with E-state index in [1.54, 1.807) is 0 Å². The van der Waals surface area contributed by atoms with Gasteiger partial charge in [-0.1, -0.05) is 18.0 Å². The molecule has 2 atom stereocenters. The van der Waals surface area contributed by atoms with Gasteiger partial charge in [-0.25, -0.2) is 0 Å². The van der Waals surface area contributed by atoms with Gasteiger partial charge in [0.15, 0.2) is 5.82 Å². The van der Waals surface area contributed by atoms with E-state index in [1.807, 2.05) is 7.05 Å². The highest BCUT2D eigenvalue weighted by Gasteiger charge is 2.30. The standard InChI is InChI=1S/C13H21N3O2/c1-16(10-4-2-3-5-11(10)17)8-12-14-13(15-18-12)9-6-7-9/h9-11,17H,2-8H2,1H3. The monoisotopic (exact) mass is 251 g/mol. The minimum atomic E-state index is -0.213. The van der Waals surface area contributed by atoms with Crippen molar-refractivity contribution in [2.75, 3.05) is 7.05 Å². The van der Waals surface area contributed by atoms with Crippen molar-refractivity contribution in [2.45, 2.75) is 63.1 Å².